The summed E-state index contributed by atoms with van der Waals surface area (Å²) >= 11 is 0. The van der Waals surface area contributed by atoms with Gasteiger partial charge in [0.25, 0.3) is 0 Å². The zero-order chi connectivity index (χ0) is 9.38. The van der Waals surface area contributed by atoms with E-state index in [1.807, 2.05) is 0 Å². The number of hydrogen-bond acceptors (Lipinski definition) is 2. The van der Waals surface area contributed by atoms with Gasteiger partial charge in [0.15, 0.2) is 0 Å². The van der Waals surface area contributed by atoms with Crippen LogP contribution in [0.5, 0.6) is 0 Å². The molecule has 1 fully saturated rings. The number of piperidine rings is 1. The van der Waals surface area contributed by atoms with E-state index < -0.39 is 0 Å². The molecule has 0 unspecified atom stereocenters. The van der Waals surface area contributed by atoms with Gasteiger partial charge < -0.3 is 5.32 Å². The average molecular weight is 191 g/mol. The molecule has 1 saturated heterocycles. The summed E-state index contributed by atoms with van der Waals surface area (Å²) in [7, 11) is 0. The molecule has 0 bridgehead atoms. The second-order valence-electron chi connectivity index (χ2n) is 4.40. The van der Waals surface area contributed by atoms with Crippen molar-refractivity contribution in [2.75, 3.05) is 13.1 Å². The van der Waals surface area contributed by atoms with Crippen molar-refractivity contribution in [3.05, 3.63) is 17.5 Å². The third-order valence-corrected chi connectivity index (χ3v) is 3.50. The fourth-order valence-electron chi connectivity index (χ4n) is 2.72. The van der Waals surface area contributed by atoms with Gasteiger partial charge in [-0.1, -0.05) is 0 Å². The summed E-state index contributed by atoms with van der Waals surface area (Å²) in [4.78, 5) is 0. The Morgan fingerprint density at radius 2 is 2.14 bits per heavy atom. The minimum absolute atomic E-state index is 0.665. The zero-order valence-corrected chi connectivity index (χ0v) is 8.50. The van der Waals surface area contributed by atoms with Gasteiger partial charge in [-0.15, -0.1) is 0 Å². The molecule has 0 amide bonds. The van der Waals surface area contributed by atoms with Crippen LogP contribution in [0, 0.1) is 0 Å². The van der Waals surface area contributed by atoms with Gasteiger partial charge in [0.1, 0.15) is 0 Å². The van der Waals surface area contributed by atoms with Gasteiger partial charge in [-0.05, 0) is 50.8 Å². The van der Waals surface area contributed by atoms with E-state index in [9.17, 15) is 0 Å². The van der Waals surface area contributed by atoms with E-state index in [0.717, 1.165) is 13.1 Å². The Kier molecular flexibility index (Phi) is 2.05. The number of hydrogen-bond donors (Lipinski definition) is 1. The molecule has 1 N–H and O–H groups in total. The fourth-order valence-corrected chi connectivity index (χ4v) is 2.72. The first-order valence-corrected chi connectivity index (χ1v) is 5.71. The standard InChI is InChI=1S/C11H17N3/c1-2-9-8-13-14(11(9)3-1)10-4-6-12-7-5-10/h8,10,12H,1-7H2. The summed E-state index contributed by atoms with van der Waals surface area (Å²) in [6.45, 7) is 2.30. The van der Waals surface area contributed by atoms with E-state index >= 15 is 0 Å². The molecule has 0 saturated carbocycles. The van der Waals surface area contributed by atoms with Gasteiger partial charge in [-0.25, -0.2) is 0 Å². The van der Waals surface area contributed by atoms with Gasteiger partial charge in [0, 0.05) is 5.69 Å². The molecule has 0 aromatic carbocycles. The average Bonchev–Trinajstić information content (AvgIpc) is 2.79. The molecule has 0 spiro atoms. The predicted octanol–water partition coefficient (Wildman–Crippen LogP) is 1.30. The molecule has 0 atom stereocenters. The number of nitrogens with zero attached hydrogens (tertiary/aromatic N) is 2. The predicted molar refractivity (Wildman–Crippen MR) is 55.4 cm³/mol. The Hall–Kier alpha value is -0.830. The summed E-state index contributed by atoms with van der Waals surface area (Å²) in [5.74, 6) is 0. The molecule has 3 rings (SSSR count). The van der Waals surface area contributed by atoms with Crippen molar-refractivity contribution < 1.29 is 0 Å². The Morgan fingerprint density at radius 1 is 1.29 bits per heavy atom. The molecule has 3 nitrogen and oxygen atoms in total. The quantitative estimate of drug-likeness (QED) is 0.725. The molecule has 2 heterocycles. The lowest BCUT2D eigenvalue weighted by atomic mass is 10.1. The first kappa shape index (κ1) is 8.48. The van der Waals surface area contributed by atoms with Crippen molar-refractivity contribution in [1.29, 1.82) is 0 Å². The Labute approximate surface area is 84.5 Å². The number of nitrogens with one attached hydrogen (secondary N) is 1. The lowest BCUT2D eigenvalue weighted by molar-refractivity contribution is 0.336. The van der Waals surface area contributed by atoms with Crippen LogP contribution in [0.2, 0.25) is 0 Å². The molecular formula is C11H17N3. The summed E-state index contributed by atoms with van der Waals surface area (Å²) in [5.41, 5.74) is 3.03. The summed E-state index contributed by atoms with van der Waals surface area (Å²) in [6.07, 6.45) is 8.41. The van der Waals surface area contributed by atoms with Crippen LogP contribution < -0.4 is 5.32 Å². The molecular weight excluding hydrogens is 174 g/mol. The third kappa shape index (κ3) is 1.27. The van der Waals surface area contributed by atoms with Crippen LogP contribution >= 0.6 is 0 Å². The molecule has 1 aliphatic carbocycles. The maximum Gasteiger partial charge on any atom is 0.0546 e. The maximum atomic E-state index is 4.55. The first-order valence-electron chi connectivity index (χ1n) is 5.71. The Balaban J connectivity index is 1.88. The van der Waals surface area contributed by atoms with Crippen LogP contribution in [0.15, 0.2) is 6.20 Å². The number of aryl methyl sites for hydroxylation is 1. The highest BCUT2D eigenvalue weighted by atomic mass is 15.3. The smallest absolute Gasteiger partial charge is 0.0546 e. The topological polar surface area (TPSA) is 29.9 Å². The van der Waals surface area contributed by atoms with Crippen LogP contribution in [0.4, 0.5) is 0 Å². The molecule has 76 valence electrons. The van der Waals surface area contributed by atoms with Gasteiger partial charge >= 0.3 is 0 Å². The lowest BCUT2D eigenvalue weighted by Crippen LogP contribution is -2.30. The largest absolute Gasteiger partial charge is 0.317 e. The molecule has 1 aromatic rings. The highest BCUT2D eigenvalue weighted by molar-refractivity contribution is 5.23. The molecule has 2 aliphatic rings. The molecule has 1 aliphatic heterocycles. The highest BCUT2D eigenvalue weighted by Crippen LogP contribution is 2.27. The highest BCUT2D eigenvalue weighted by Gasteiger charge is 2.22. The van der Waals surface area contributed by atoms with Gasteiger partial charge in [0.05, 0.1) is 12.2 Å². The van der Waals surface area contributed by atoms with E-state index in [-0.39, 0.29) is 0 Å². The molecule has 1 aromatic heterocycles. The van der Waals surface area contributed by atoms with E-state index in [1.54, 1.807) is 0 Å². The zero-order valence-electron chi connectivity index (χ0n) is 8.50. The normalized spacial score (nSPS) is 22.6. The number of rotatable bonds is 1. The second kappa shape index (κ2) is 3.39. The van der Waals surface area contributed by atoms with Crippen molar-refractivity contribution >= 4 is 0 Å². The van der Waals surface area contributed by atoms with Crippen molar-refractivity contribution in [1.82, 2.24) is 15.1 Å². The minimum atomic E-state index is 0.665. The van der Waals surface area contributed by atoms with Crippen LogP contribution in [-0.4, -0.2) is 22.9 Å². The first-order chi connectivity index (χ1) is 6.95. The number of fused-ring (bicyclic) bond motifs is 1. The van der Waals surface area contributed by atoms with E-state index in [0.29, 0.717) is 6.04 Å². The van der Waals surface area contributed by atoms with E-state index in [2.05, 4.69) is 21.3 Å². The lowest BCUT2D eigenvalue weighted by Gasteiger charge is -2.24. The Bertz CT molecular complexity index is 323. The summed E-state index contributed by atoms with van der Waals surface area (Å²) < 4.78 is 2.31. The minimum Gasteiger partial charge on any atom is -0.317 e. The van der Waals surface area contributed by atoms with Crippen LogP contribution in [0.3, 0.4) is 0 Å². The van der Waals surface area contributed by atoms with Crippen molar-refractivity contribution in [2.45, 2.75) is 38.1 Å². The van der Waals surface area contributed by atoms with E-state index in [1.165, 1.54) is 43.4 Å². The van der Waals surface area contributed by atoms with Crippen LogP contribution in [0.1, 0.15) is 36.6 Å². The van der Waals surface area contributed by atoms with Crippen molar-refractivity contribution in [3.8, 4) is 0 Å². The van der Waals surface area contributed by atoms with Gasteiger partial charge in [-0.3, -0.25) is 4.68 Å². The number of aromatic nitrogens is 2. The molecule has 0 radical (unpaired) electrons. The van der Waals surface area contributed by atoms with Crippen LogP contribution in [-0.2, 0) is 12.8 Å². The fraction of sp³-hybridized carbons (Fsp3) is 0.727. The maximum absolute atomic E-state index is 4.55. The molecule has 3 heteroatoms. The van der Waals surface area contributed by atoms with Crippen LogP contribution in [0.25, 0.3) is 0 Å². The van der Waals surface area contributed by atoms with Crippen molar-refractivity contribution in [2.24, 2.45) is 0 Å². The molecule has 14 heavy (non-hydrogen) atoms. The van der Waals surface area contributed by atoms with E-state index in [4.69, 9.17) is 0 Å². The third-order valence-electron chi connectivity index (χ3n) is 3.50. The SMILES string of the molecule is c1nn(C2CCNCC2)c2c1CCC2. The van der Waals surface area contributed by atoms with Gasteiger partial charge in [0.2, 0.25) is 0 Å². The van der Waals surface area contributed by atoms with Crippen molar-refractivity contribution in [3.63, 3.8) is 0 Å². The summed E-state index contributed by atoms with van der Waals surface area (Å²) in [6, 6.07) is 0.665. The summed E-state index contributed by atoms with van der Waals surface area (Å²) in [5, 5.41) is 7.95. The second-order valence-corrected chi connectivity index (χ2v) is 4.40. The monoisotopic (exact) mass is 191 g/mol. The Morgan fingerprint density at radius 3 is 3.00 bits per heavy atom. The van der Waals surface area contributed by atoms with Gasteiger partial charge in [-0.2, -0.15) is 5.10 Å².